The molecule has 0 aromatic heterocycles. The lowest BCUT2D eigenvalue weighted by atomic mass is 10.2. The summed E-state index contributed by atoms with van der Waals surface area (Å²) in [4.78, 5) is 2.08. The summed E-state index contributed by atoms with van der Waals surface area (Å²) in [6.07, 6.45) is -4.35. The first-order valence-electron chi connectivity index (χ1n) is 7.13. The number of likely N-dealkylation sites (N-methyl/N-ethyl adjacent to an activating group) is 1. The molecule has 4 nitrogen and oxygen atoms in total. The largest absolute Gasteiger partial charge is 1.00 e. The second-order valence-corrected chi connectivity index (χ2v) is 5.04. The Balaban J connectivity index is 0.00000484. The number of ether oxygens (including phenoxy) is 2. The number of halogens is 4. The van der Waals surface area contributed by atoms with E-state index in [4.69, 9.17) is 9.47 Å². The summed E-state index contributed by atoms with van der Waals surface area (Å²) < 4.78 is 48.1. The molecular weight excluding hydrogens is 333 g/mol. The number of hydrogen-bond acceptors (Lipinski definition) is 4. The van der Waals surface area contributed by atoms with Crippen LogP contribution < -0.4 is 22.5 Å². The molecule has 1 aromatic rings. The zero-order chi connectivity index (χ0) is 16.4. The molecule has 0 aliphatic rings. The molecule has 0 aliphatic heterocycles. The highest BCUT2D eigenvalue weighted by Crippen LogP contribution is 2.31. The zero-order valence-corrected chi connectivity index (χ0v) is 14.1. The van der Waals surface area contributed by atoms with Gasteiger partial charge in [-0.2, -0.15) is 13.2 Å². The highest BCUT2D eigenvalue weighted by atomic mass is 35.5. The van der Waals surface area contributed by atoms with Gasteiger partial charge in [0.25, 0.3) is 0 Å². The molecule has 1 N–H and O–H groups in total. The summed E-state index contributed by atoms with van der Waals surface area (Å²) in [7, 11) is 4.01. The van der Waals surface area contributed by atoms with Crippen LogP contribution in [0.3, 0.4) is 0 Å². The van der Waals surface area contributed by atoms with Crippen LogP contribution in [-0.2, 0) is 10.9 Å². The second-order valence-electron chi connectivity index (χ2n) is 5.04. The average molecular weight is 356 g/mol. The monoisotopic (exact) mass is 355 g/mol. The predicted octanol–water partition coefficient (Wildman–Crippen LogP) is -0.744. The number of rotatable bonds is 10. The van der Waals surface area contributed by atoms with Crippen LogP contribution >= 0.6 is 0 Å². The molecule has 0 bridgehead atoms. The van der Waals surface area contributed by atoms with Crippen molar-refractivity contribution in [2.24, 2.45) is 0 Å². The lowest BCUT2D eigenvalue weighted by molar-refractivity contribution is -0.137. The maximum atomic E-state index is 12.5. The van der Waals surface area contributed by atoms with Gasteiger partial charge in [0.15, 0.2) is 0 Å². The molecule has 0 aliphatic carbocycles. The summed E-state index contributed by atoms with van der Waals surface area (Å²) in [5, 5.41) is 3.22. The van der Waals surface area contributed by atoms with Crippen LogP contribution in [0.15, 0.2) is 24.3 Å². The molecule has 0 atom stereocenters. The Bertz CT molecular complexity index is 431. The van der Waals surface area contributed by atoms with E-state index in [9.17, 15) is 13.2 Å². The lowest BCUT2D eigenvalue weighted by Crippen LogP contribution is -3.00. The molecule has 0 heterocycles. The lowest BCUT2D eigenvalue weighted by Gasteiger charge is -2.11. The number of hydrogen-bond donors (Lipinski definition) is 1. The highest BCUT2D eigenvalue weighted by Gasteiger charge is 2.30. The smallest absolute Gasteiger partial charge is 0.416 e. The van der Waals surface area contributed by atoms with Gasteiger partial charge in [-0.15, -0.1) is 0 Å². The molecule has 0 radical (unpaired) electrons. The summed E-state index contributed by atoms with van der Waals surface area (Å²) in [5.41, 5.74) is -0.712. The van der Waals surface area contributed by atoms with Crippen LogP contribution in [0.2, 0.25) is 0 Å². The van der Waals surface area contributed by atoms with E-state index in [1.807, 2.05) is 14.1 Å². The fourth-order valence-corrected chi connectivity index (χ4v) is 1.65. The Morgan fingerprint density at radius 1 is 1.09 bits per heavy atom. The Hall–Kier alpha value is -1.02. The minimum absolute atomic E-state index is 0. The quantitative estimate of drug-likeness (QED) is 0.560. The van der Waals surface area contributed by atoms with Crippen molar-refractivity contribution in [3.05, 3.63) is 29.8 Å². The van der Waals surface area contributed by atoms with Crippen LogP contribution in [0.25, 0.3) is 0 Å². The number of nitrogens with one attached hydrogen (secondary N) is 1. The van der Waals surface area contributed by atoms with Crippen LogP contribution in [0, 0.1) is 0 Å². The molecule has 0 unspecified atom stereocenters. The SMILES string of the molecule is CN(C)CCNCCOCCOc1cccc(C(F)(F)F)c1.[Cl-]. The summed E-state index contributed by atoms with van der Waals surface area (Å²) in [6, 6.07) is 4.83. The van der Waals surface area contributed by atoms with E-state index in [1.165, 1.54) is 12.1 Å². The van der Waals surface area contributed by atoms with E-state index in [2.05, 4.69) is 10.2 Å². The normalized spacial score (nSPS) is 11.4. The third kappa shape index (κ3) is 10.4. The van der Waals surface area contributed by atoms with Gasteiger partial charge in [0, 0.05) is 19.6 Å². The Morgan fingerprint density at radius 2 is 1.83 bits per heavy atom. The molecule has 1 rings (SSSR count). The fraction of sp³-hybridized carbons (Fsp3) is 0.600. The summed E-state index contributed by atoms with van der Waals surface area (Å²) in [6.45, 7) is 3.68. The molecular formula is C15H23ClF3N2O2-. The van der Waals surface area contributed by atoms with Gasteiger partial charge in [-0.3, -0.25) is 0 Å². The second kappa shape index (κ2) is 11.5. The van der Waals surface area contributed by atoms with Crippen molar-refractivity contribution in [2.45, 2.75) is 6.18 Å². The summed E-state index contributed by atoms with van der Waals surface area (Å²) in [5.74, 6) is 0.197. The van der Waals surface area contributed by atoms with E-state index in [1.54, 1.807) is 0 Å². The average Bonchev–Trinajstić information content (AvgIpc) is 2.44. The minimum atomic E-state index is -4.35. The van der Waals surface area contributed by atoms with E-state index in [0.717, 1.165) is 31.8 Å². The Morgan fingerprint density at radius 3 is 2.48 bits per heavy atom. The number of alkyl halides is 3. The van der Waals surface area contributed by atoms with Crippen LogP contribution in [-0.4, -0.2) is 58.5 Å². The van der Waals surface area contributed by atoms with Gasteiger partial charge in [-0.1, -0.05) is 6.07 Å². The van der Waals surface area contributed by atoms with Crippen molar-refractivity contribution in [3.8, 4) is 5.75 Å². The molecule has 8 heteroatoms. The van der Waals surface area contributed by atoms with Gasteiger partial charge in [0.05, 0.1) is 18.8 Å². The van der Waals surface area contributed by atoms with Crippen molar-refractivity contribution in [1.29, 1.82) is 0 Å². The number of nitrogens with zero attached hydrogens (tertiary/aromatic N) is 1. The van der Waals surface area contributed by atoms with Crippen LogP contribution in [0.5, 0.6) is 5.75 Å². The van der Waals surface area contributed by atoms with E-state index < -0.39 is 11.7 Å². The third-order valence-corrected chi connectivity index (χ3v) is 2.82. The van der Waals surface area contributed by atoms with Crippen molar-refractivity contribution in [3.63, 3.8) is 0 Å². The van der Waals surface area contributed by atoms with Crippen LogP contribution in [0.1, 0.15) is 5.56 Å². The molecule has 0 saturated heterocycles. The van der Waals surface area contributed by atoms with E-state index in [-0.39, 0.29) is 24.8 Å². The Labute approximate surface area is 141 Å². The predicted molar refractivity (Wildman–Crippen MR) is 79.2 cm³/mol. The van der Waals surface area contributed by atoms with Gasteiger partial charge in [0.1, 0.15) is 12.4 Å². The fourth-order valence-electron chi connectivity index (χ4n) is 1.65. The molecule has 0 fully saturated rings. The number of benzene rings is 1. The molecule has 23 heavy (non-hydrogen) atoms. The van der Waals surface area contributed by atoms with Crippen LogP contribution in [0.4, 0.5) is 13.2 Å². The van der Waals surface area contributed by atoms with Crippen molar-refractivity contribution in [1.82, 2.24) is 10.2 Å². The highest BCUT2D eigenvalue weighted by molar-refractivity contribution is 5.30. The van der Waals surface area contributed by atoms with Gasteiger partial charge < -0.3 is 32.1 Å². The standard InChI is InChI=1S/C15H23F3N2O2.ClH/c1-20(2)8-6-19-7-9-21-10-11-22-14-5-3-4-13(12-14)15(16,17)18;/h3-5,12,19H,6-11H2,1-2H3;1H/p-1. The van der Waals surface area contributed by atoms with Gasteiger partial charge in [0.2, 0.25) is 0 Å². The first-order valence-corrected chi connectivity index (χ1v) is 7.13. The van der Waals surface area contributed by atoms with Gasteiger partial charge in [-0.25, -0.2) is 0 Å². The summed E-state index contributed by atoms with van der Waals surface area (Å²) >= 11 is 0. The zero-order valence-electron chi connectivity index (χ0n) is 13.3. The molecule has 0 amide bonds. The van der Waals surface area contributed by atoms with E-state index in [0.29, 0.717) is 13.2 Å². The molecule has 1 aromatic carbocycles. The molecule has 134 valence electrons. The first-order chi connectivity index (χ1) is 10.4. The molecule has 0 spiro atoms. The van der Waals surface area contributed by atoms with Gasteiger partial charge >= 0.3 is 6.18 Å². The first kappa shape index (κ1) is 22.0. The Kier molecular flexibility index (Phi) is 11.0. The molecule has 0 saturated carbocycles. The minimum Gasteiger partial charge on any atom is -1.00 e. The third-order valence-electron chi connectivity index (χ3n) is 2.82. The van der Waals surface area contributed by atoms with Crippen molar-refractivity contribution < 1.29 is 35.1 Å². The maximum Gasteiger partial charge on any atom is 0.416 e. The topological polar surface area (TPSA) is 33.7 Å². The van der Waals surface area contributed by atoms with Crippen molar-refractivity contribution >= 4 is 0 Å². The van der Waals surface area contributed by atoms with Crippen molar-refractivity contribution in [2.75, 3.05) is 53.6 Å². The van der Waals surface area contributed by atoms with E-state index >= 15 is 0 Å². The maximum absolute atomic E-state index is 12.5. The van der Waals surface area contributed by atoms with Gasteiger partial charge in [-0.05, 0) is 32.3 Å².